The molecule has 0 radical (unpaired) electrons. The number of benzene rings is 1. The topological polar surface area (TPSA) is 173 Å². The van der Waals surface area contributed by atoms with E-state index in [1.54, 1.807) is 28.5 Å². The number of alkyl halides is 3. The van der Waals surface area contributed by atoms with E-state index in [1.165, 1.54) is 24.4 Å². The van der Waals surface area contributed by atoms with Crippen LogP contribution in [-0.4, -0.2) is 88.6 Å². The highest BCUT2D eigenvalue weighted by atomic mass is 19.4. The maximum absolute atomic E-state index is 14.9. The standard InChI is InChI=1S/C35H32F4N10O5/c1-16-12-24(33(52)43-21-5-4-18(13-20(21)36)35(37,38)39)48-28(16)29(31(51)26-32(48)45-49(44-26)19-8-9-40-25(14-19)54-3)46-10-11-47(23-7-6-22(23)46)34(53)27-30(50)17(2)41-15-42-27/h4-5,8-9,13-16,22-24,50H,6-7,10-12H2,1-3H3,(H,43,52)/t16?,22-,23-,24?/m0/s1. The molecule has 0 spiro atoms. The van der Waals surface area contributed by atoms with Gasteiger partial charge in [0.2, 0.25) is 17.2 Å². The summed E-state index contributed by atoms with van der Waals surface area (Å²) in [4.78, 5) is 59.2. The SMILES string of the molecule is COc1cc(-n2nc3c(=O)c(N4CCN(C(=O)c5ncnc(C)c5O)[C@H]5CC[C@@H]54)c4n(c3n2)C(C(=O)Nc2ccc(C(F)(F)F)cc2F)CC4C)ccn1. The number of aryl methyl sites for hydroxylation is 1. The van der Waals surface area contributed by atoms with Gasteiger partial charge in [0.15, 0.2) is 22.6 Å². The summed E-state index contributed by atoms with van der Waals surface area (Å²) in [6, 6.07) is 3.31. The molecule has 2 unspecified atom stereocenters. The van der Waals surface area contributed by atoms with Crippen LogP contribution in [0.15, 0.2) is 47.7 Å². The lowest BCUT2D eigenvalue weighted by Gasteiger charge is -2.54. The van der Waals surface area contributed by atoms with Gasteiger partial charge in [0.25, 0.3) is 5.91 Å². The molecular formula is C35H32F4N10O5. The smallest absolute Gasteiger partial charge is 0.416 e. The predicted octanol–water partition coefficient (Wildman–Crippen LogP) is 4.13. The Labute approximate surface area is 303 Å². The molecule has 19 heteroatoms. The second-order valence-electron chi connectivity index (χ2n) is 13.5. The number of fused-ring (bicyclic) bond motifs is 4. The molecule has 1 aliphatic carbocycles. The number of piperazine rings is 1. The summed E-state index contributed by atoms with van der Waals surface area (Å²) in [5.74, 6) is -2.91. The molecule has 2 N–H and O–H groups in total. The molecule has 4 atom stereocenters. The van der Waals surface area contributed by atoms with Gasteiger partial charge in [-0.05, 0) is 50.5 Å². The van der Waals surface area contributed by atoms with Crippen molar-refractivity contribution in [3.8, 4) is 17.3 Å². The lowest BCUT2D eigenvalue weighted by molar-refractivity contribution is -0.137. The third kappa shape index (κ3) is 5.56. The second kappa shape index (κ2) is 12.8. The Kier molecular flexibility index (Phi) is 8.26. The zero-order valence-electron chi connectivity index (χ0n) is 29.0. The Hall–Kier alpha value is -6.14. The van der Waals surface area contributed by atoms with Crippen molar-refractivity contribution >= 4 is 34.4 Å². The first-order valence-electron chi connectivity index (χ1n) is 17.1. The number of aromatic nitrogens is 7. The fourth-order valence-corrected chi connectivity index (χ4v) is 7.69. The Balaban J connectivity index is 1.22. The van der Waals surface area contributed by atoms with Crippen LogP contribution in [-0.2, 0) is 11.0 Å². The van der Waals surface area contributed by atoms with E-state index >= 15 is 0 Å². The number of rotatable bonds is 6. The number of halogens is 4. The second-order valence-corrected chi connectivity index (χ2v) is 13.5. The first-order chi connectivity index (χ1) is 25.8. The number of nitrogens with one attached hydrogen (secondary N) is 1. The fraction of sp³-hybridized carbons (Fsp3) is 0.371. The van der Waals surface area contributed by atoms with Gasteiger partial charge in [0.1, 0.15) is 23.9 Å². The van der Waals surface area contributed by atoms with E-state index in [0.29, 0.717) is 36.4 Å². The molecule has 4 aromatic heterocycles. The normalized spacial score (nSPS) is 20.7. The van der Waals surface area contributed by atoms with E-state index in [1.807, 2.05) is 11.8 Å². The van der Waals surface area contributed by atoms with E-state index in [9.17, 15) is 37.1 Å². The zero-order valence-corrected chi connectivity index (χ0v) is 29.0. The number of nitrogens with zero attached hydrogens (tertiary/aromatic N) is 9. The molecule has 54 heavy (non-hydrogen) atoms. The van der Waals surface area contributed by atoms with Gasteiger partial charge in [-0.15, -0.1) is 15.0 Å². The Morgan fingerprint density at radius 2 is 1.81 bits per heavy atom. The summed E-state index contributed by atoms with van der Waals surface area (Å²) >= 11 is 0. The minimum Gasteiger partial charge on any atom is -0.504 e. The number of aromatic hydroxyl groups is 1. The van der Waals surface area contributed by atoms with Crippen molar-refractivity contribution < 1.29 is 37.0 Å². The number of amides is 2. The minimum atomic E-state index is -4.78. The number of carbonyl (C=O) groups excluding carboxylic acids is 2. The molecule has 0 bridgehead atoms. The van der Waals surface area contributed by atoms with Gasteiger partial charge in [-0.3, -0.25) is 14.4 Å². The van der Waals surface area contributed by atoms with Crippen LogP contribution < -0.4 is 20.4 Å². The van der Waals surface area contributed by atoms with Gasteiger partial charge >= 0.3 is 6.18 Å². The molecule has 2 fully saturated rings. The van der Waals surface area contributed by atoms with Crippen LogP contribution in [0.1, 0.15) is 65.6 Å². The van der Waals surface area contributed by atoms with Crippen molar-refractivity contribution in [1.82, 2.24) is 39.4 Å². The van der Waals surface area contributed by atoms with E-state index in [-0.39, 0.29) is 71.5 Å². The summed E-state index contributed by atoms with van der Waals surface area (Å²) in [5.41, 5.74) is -0.758. The molecule has 1 saturated heterocycles. The van der Waals surface area contributed by atoms with Crippen molar-refractivity contribution in [2.75, 3.05) is 30.4 Å². The minimum absolute atomic E-state index is 0.0621. The molecule has 2 aliphatic heterocycles. The van der Waals surface area contributed by atoms with Gasteiger partial charge in [0, 0.05) is 37.3 Å². The van der Waals surface area contributed by atoms with Crippen LogP contribution in [0.4, 0.5) is 28.9 Å². The summed E-state index contributed by atoms with van der Waals surface area (Å²) < 4.78 is 61.5. The fourth-order valence-electron chi connectivity index (χ4n) is 7.69. The van der Waals surface area contributed by atoms with Crippen LogP contribution in [0.5, 0.6) is 11.6 Å². The molecule has 1 saturated carbocycles. The first-order valence-corrected chi connectivity index (χ1v) is 17.1. The van der Waals surface area contributed by atoms with E-state index in [4.69, 9.17) is 4.74 Å². The maximum Gasteiger partial charge on any atom is 0.416 e. The van der Waals surface area contributed by atoms with Crippen molar-refractivity contribution in [2.24, 2.45) is 0 Å². The lowest BCUT2D eigenvalue weighted by atomic mass is 9.81. The molecule has 1 aromatic carbocycles. The molecule has 15 nitrogen and oxygen atoms in total. The van der Waals surface area contributed by atoms with E-state index in [2.05, 4.69) is 30.5 Å². The summed E-state index contributed by atoms with van der Waals surface area (Å²) in [5, 5.41) is 22.2. The van der Waals surface area contributed by atoms with Crippen molar-refractivity contribution in [2.45, 2.75) is 63.3 Å². The lowest BCUT2D eigenvalue weighted by Crippen LogP contribution is -2.67. The van der Waals surface area contributed by atoms with Crippen molar-refractivity contribution in [3.05, 3.63) is 81.5 Å². The van der Waals surface area contributed by atoms with Crippen LogP contribution in [0, 0.1) is 12.7 Å². The Bertz CT molecular complexity index is 2420. The van der Waals surface area contributed by atoms with Gasteiger partial charge in [-0.25, -0.2) is 19.3 Å². The number of pyridine rings is 2. The number of ether oxygens (including phenoxy) is 1. The number of carbonyl (C=O) groups is 2. The molecule has 5 aromatic rings. The Morgan fingerprint density at radius 1 is 1.04 bits per heavy atom. The summed E-state index contributed by atoms with van der Waals surface area (Å²) in [6.07, 6.45) is -0.686. The molecule has 2 amide bonds. The van der Waals surface area contributed by atoms with Crippen LogP contribution in [0.3, 0.4) is 0 Å². The highest BCUT2D eigenvalue weighted by Gasteiger charge is 2.49. The molecule has 280 valence electrons. The largest absolute Gasteiger partial charge is 0.504 e. The number of anilines is 2. The number of hydrogen-bond acceptors (Lipinski definition) is 11. The predicted molar refractivity (Wildman–Crippen MR) is 183 cm³/mol. The average Bonchev–Trinajstić information content (AvgIpc) is 3.72. The molecule has 3 aliphatic rings. The first kappa shape index (κ1) is 34.9. The summed E-state index contributed by atoms with van der Waals surface area (Å²) in [6.45, 7) is 3.82. The quantitative estimate of drug-likeness (QED) is 0.239. The zero-order chi connectivity index (χ0) is 38.2. The number of methoxy groups -OCH3 is 1. The van der Waals surface area contributed by atoms with Gasteiger partial charge < -0.3 is 29.5 Å². The molecule has 8 rings (SSSR count). The van der Waals surface area contributed by atoms with Crippen LogP contribution in [0.25, 0.3) is 16.9 Å². The molecule has 6 heterocycles. The van der Waals surface area contributed by atoms with Gasteiger partial charge in [0.05, 0.1) is 41.5 Å². The van der Waals surface area contributed by atoms with E-state index < -0.39 is 52.4 Å². The third-order valence-corrected chi connectivity index (χ3v) is 10.5. The maximum atomic E-state index is 14.9. The van der Waals surface area contributed by atoms with Crippen LogP contribution in [0.2, 0.25) is 0 Å². The van der Waals surface area contributed by atoms with Crippen LogP contribution >= 0.6 is 0 Å². The Morgan fingerprint density at radius 3 is 2.52 bits per heavy atom. The monoisotopic (exact) mass is 748 g/mol. The van der Waals surface area contributed by atoms with Crippen molar-refractivity contribution in [1.29, 1.82) is 0 Å². The van der Waals surface area contributed by atoms with Crippen molar-refractivity contribution in [3.63, 3.8) is 0 Å². The number of hydrogen-bond donors (Lipinski definition) is 2. The highest BCUT2D eigenvalue weighted by Crippen LogP contribution is 2.46. The third-order valence-electron chi connectivity index (χ3n) is 10.5. The van der Waals surface area contributed by atoms with E-state index in [0.717, 1.165) is 6.07 Å². The van der Waals surface area contributed by atoms with Gasteiger partial charge in [-0.2, -0.15) is 13.2 Å². The molecular weight excluding hydrogens is 716 g/mol. The highest BCUT2D eigenvalue weighted by molar-refractivity contribution is 5.97. The average molecular weight is 749 g/mol. The van der Waals surface area contributed by atoms with Gasteiger partial charge in [-0.1, -0.05) is 6.92 Å². The summed E-state index contributed by atoms with van der Waals surface area (Å²) in [7, 11) is 1.44.